The number of benzene rings is 2. The van der Waals surface area contributed by atoms with Crippen molar-refractivity contribution >= 4 is 21.9 Å². The molecule has 0 aliphatic carbocycles. The predicted molar refractivity (Wildman–Crippen MR) is 226 cm³/mol. The number of aromatic hydroxyl groups is 2. The van der Waals surface area contributed by atoms with Crippen molar-refractivity contribution in [3.8, 4) is 11.5 Å². The van der Waals surface area contributed by atoms with Crippen LogP contribution in [0.5, 0.6) is 11.5 Å². The molecule has 4 aromatic rings. The minimum Gasteiger partial charge on any atom is -0.507 e. The van der Waals surface area contributed by atoms with Crippen molar-refractivity contribution in [2.75, 3.05) is 6.61 Å². The average molecular weight is 747 g/mol. The summed E-state index contributed by atoms with van der Waals surface area (Å²) in [5.74, 6) is -0.0286. The van der Waals surface area contributed by atoms with Crippen molar-refractivity contribution in [2.24, 2.45) is 0 Å². The van der Waals surface area contributed by atoms with Gasteiger partial charge in [-0.3, -0.25) is 0 Å². The van der Waals surface area contributed by atoms with Gasteiger partial charge in [-0.05, 0) is 118 Å². The summed E-state index contributed by atoms with van der Waals surface area (Å²) >= 11 is 0. The summed E-state index contributed by atoms with van der Waals surface area (Å²) in [6.07, 6.45) is 19.7. The van der Waals surface area contributed by atoms with E-state index >= 15 is 0 Å². The monoisotopic (exact) mass is 746 g/mol. The lowest BCUT2D eigenvalue weighted by atomic mass is 10.0. The number of fused-ring (bicyclic) bond motifs is 2. The first kappa shape index (κ1) is 42.6. The molecule has 0 spiro atoms. The van der Waals surface area contributed by atoms with E-state index in [0.717, 1.165) is 49.7 Å². The summed E-state index contributed by atoms with van der Waals surface area (Å²) < 4.78 is 17.3. The molecule has 7 nitrogen and oxygen atoms in total. The quantitative estimate of drug-likeness (QED) is 0.0726. The molecule has 0 fully saturated rings. The van der Waals surface area contributed by atoms with Crippen LogP contribution in [0.3, 0.4) is 0 Å². The fourth-order valence-electron chi connectivity index (χ4n) is 6.41. The van der Waals surface area contributed by atoms with Gasteiger partial charge < -0.3 is 23.8 Å². The summed E-state index contributed by atoms with van der Waals surface area (Å²) in [7, 11) is 0. The van der Waals surface area contributed by atoms with Gasteiger partial charge in [-0.1, -0.05) is 94.2 Å². The molecule has 0 aliphatic heterocycles. The van der Waals surface area contributed by atoms with Crippen molar-refractivity contribution in [2.45, 2.75) is 112 Å². The molecular weight excluding hydrogens is 689 g/mol. The Morgan fingerprint density at radius 2 is 1.05 bits per heavy atom. The minimum atomic E-state index is -0.521. The van der Waals surface area contributed by atoms with Crippen LogP contribution >= 0.6 is 0 Å². The highest BCUT2D eigenvalue weighted by Gasteiger charge is 2.15. The molecule has 1 atom stereocenters. The molecule has 2 N–H and O–H groups in total. The standard InChI is InChI=1S/C48H58O7/c1-32(2)15-12-19-35(5)29-38(30-36(6)26-28-42-46(50)40-22-9-11-24-44(40)55-48(42)52)53-31-37(7)20-14-17-33(3)16-13-18-34(4)25-27-41-45(49)39-21-8-10-23-43(39)54-47(41)51/h8-11,15-16,20-26,29,38,49-50H,12-14,17-19,27-28,30-31H2,1-7H3. The Balaban J connectivity index is 1.30. The van der Waals surface area contributed by atoms with E-state index in [1.165, 1.54) is 22.3 Å². The molecule has 0 bridgehead atoms. The van der Waals surface area contributed by atoms with Crippen LogP contribution in [0.1, 0.15) is 105 Å². The second kappa shape index (κ2) is 21.1. The van der Waals surface area contributed by atoms with Crippen LogP contribution in [-0.4, -0.2) is 22.9 Å². The topological polar surface area (TPSA) is 110 Å². The Morgan fingerprint density at radius 3 is 1.60 bits per heavy atom. The summed E-state index contributed by atoms with van der Waals surface area (Å²) in [4.78, 5) is 25.1. The van der Waals surface area contributed by atoms with Crippen molar-refractivity contribution < 1.29 is 23.8 Å². The molecule has 0 saturated heterocycles. The Bertz CT molecular complexity index is 2230. The van der Waals surface area contributed by atoms with Gasteiger partial charge in [-0.2, -0.15) is 0 Å². The van der Waals surface area contributed by atoms with Crippen LogP contribution < -0.4 is 11.3 Å². The molecule has 0 amide bonds. The van der Waals surface area contributed by atoms with E-state index in [1.807, 2.05) is 38.1 Å². The smallest absolute Gasteiger partial charge is 0.343 e. The Kier molecular flexibility index (Phi) is 16.3. The lowest BCUT2D eigenvalue weighted by Crippen LogP contribution is -2.13. The summed E-state index contributed by atoms with van der Waals surface area (Å²) in [6, 6.07) is 14.0. The number of hydrogen-bond donors (Lipinski definition) is 2. The Hall–Kier alpha value is -5.14. The first-order valence-corrected chi connectivity index (χ1v) is 19.3. The SMILES string of the molecule is CC(C)=CCCC(C)=CC(CC(C)=CCc1c(O)c2ccccc2oc1=O)OCC(C)=CCCC(C)=CCCC(C)=CCc1c(O)c2ccccc2oc1=O. The molecule has 292 valence electrons. The maximum Gasteiger partial charge on any atom is 0.343 e. The molecule has 55 heavy (non-hydrogen) atoms. The highest BCUT2D eigenvalue weighted by molar-refractivity contribution is 5.84. The van der Waals surface area contributed by atoms with Crippen LogP contribution in [0.25, 0.3) is 21.9 Å². The molecule has 0 aliphatic rings. The van der Waals surface area contributed by atoms with E-state index in [2.05, 4.69) is 58.9 Å². The zero-order valence-electron chi connectivity index (χ0n) is 33.7. The molecule has 1 unspecified atom stereocenters. The van der Waals surface area contributed by atoms with E-state index in [0.29, 0.717) is 41.4 Å². The molecule has 2 heterocycles. The molecule has 2 aromatic heterocycles. The fourth-order valence-corrected chi connectivity index (χ4v) is 6.41. The number of allylic oxidation sites excluding steroid dienone is 9. The van der Waals surface area contributed by atoms with Gasteiger partial charge in [0.25, 0.3) is 0 Å². The third-order valence-electron chi connectivity index (χ3n) is 9.74. The highest BCUT2D eigenvalue weighted by atomic mass is 16.5. The van der Waals surface area contributed by atoms with Gasteiger partial charge in [0.1, 0.15) is 22.7 Å². The average Bonchev–Trinajstić information content (AvgIpc) is 3.13. The Morgan fingerprint density at radius 1 is 0.600 bits per heavy atom. The van der Waals surface area contributed by atoms with Crippen molar-refractivity contribution in [3.63, 3.8) is 0 Å². The molecule has 7 heteroatoms. The first-order chi connectivity index (χ1) is 26.3. The highest BCUT2D eigenvalue weighted by Crippen LogP contribution is 2.28. The van der Waals surface area contributed by atoms with Crippen molar-refractivity contribution in [1.82, 2.24) is 0 Å². The third kappa shape index (κ3) is 13.3. The van der Waals surface area contributed by atoms with Gasteiger partial charge in [0.2, 0.25) is 0 Å². The van der Waals surface area contributed by atoms with Gasteiger partial charge in [0.15, 0.2) is 0 Å². The molecule has 2 aromatic carbocycles. The second-order valence-corrected chi connectivity index (χ2v) is 15.0. The maximum absolute atomic E-state index is 12.7. The number of ether oxygens (including phenoxy) is 1. The fraction of sp³-hybridized carbons (Fsp3) is 0.375. The normalized spacial score (nSPS) is 13.8. The van der Waals surface area contributed by atoms with E-state index < -0.39 is 11.3 Å². The van der Waals surface area contributed by atoms with Gasteiger partial charge >= 0.3 is 11.3 Å². The zero-order chi connectivity index (χ0) is 39.9. The lowest BCUT2D eigenvalue weighted by Gasteiger charge is -2.17. The van der Waals surface area contributed by atoms with Crippen LogP contribution in [0.15, 0.2) is 137 Å². The van der Waals surface area contributed by atoms with E-state index in [4.69, 9.17) is 13.6 Å². The largest absolute Gasteiger partial charge is 0.507 e. The van der Waals surface area contributed by atoms with Crippen LogP contribution in [0, 0.1) is 0 Å². The van der Waals surface area contributed by atoms with Crippen LogP contribution in [-0.2, 0) is 17.6 Å². The van der Waals surface area contributed by atoms with Gasteiger partial charge in [0, 0.05) is 12.8 Å². The number of rotatable bonds is 19. The van der Waals surface area contributed by atoms with Crippen molar-refractivity contribution in [3.05, 3.63) is 150 Å². The van der Waals surface area contributed by atoms with E-state index in [1.54, 1.807) is 36.4 Å². The van der Waals surface area contributed by atoms with E-state index in [-0.39, 0.29) is 35.2 Å². The molecular formula is C48H58O7. The summed E-state index contributed by atoms with van der Waals surface area (Å²) in [5.41, 5.74) is 7.59. The summed E-state index contributed by atoms with van der Waals surface area (Å²) in [6.45, 7) is 15.2. The molecule has 0 saturated carbocycles. The van der Waals surface area contributed by atoms with Crippen molar-refractivity contribution in [1.29, 1.82) is 0 Å². The van der Waals surface area contributed by atoms with Gasteiger partial charge in [-0.25, -0.2) is 9.59 Å². The van der Waals surface area contributed by atoms with E-state index in [9.17, 15) is 19.8 Å². The summed E-state index contributed by atoms with van der Waals surface area (Å²) in [5, 5.41) is 22.5. The number of para-hydroxylation sites is 2. The first-order valence-electron chi connectivity index (χ1n) is 19.3. The van der Waals surface area contributed by atoms with Crippen LogP contribution in [0.4, 0.5) is 0 Å². The maximum atomic E-state index is 12.7. The third-order valence-corrected chi connectivity index (χ3v) is 9.74. The van der Waals surface area contributed by atoms with Gasteiger partial charge in [0.05, 0.1) is 34.6 Å². The van der Waals surface area contributed by atoms with Crippen LogP contribution in [0.2, 0.25) is 0 Å². The van der Waals surface area contributed by atoms with Gasteiger partial charge in [-0.15, -0.1) is 0 Å². The minimum absolute atomic E-state index is 0.00362. The predicted octanol–water partition coefficient (Wildman–Crippen LogP) is 11.9. The lowest BCUT2D eigenvalue weighted by molar-refractivity contribution is 0.103. The Labute approximate surface area is 325 Å². The zero-order valence-corrected chi connectivity index (χ0v) is 33.7. The number of hydrogen-bond acceptors (Lipinski definition) is 7. The second-order valence-electron chi connectivity index (χ2n) is 15.0. The molecule has 0 radical (unpaired) electrons. The molecule has 4 rings (SSSR count).